The highest BCUT2D eigenvalue weighted by Crippen LogP contribution is 2.43. The Morgan fingerprint density at radius 3 is 2.44 bits per heavy atom. The number of nitrogens with zero attached hydrogens (tertiary/aromatic N) is 1. The van der Waals surface area contributed by atoms with Gasteiger partial charge in [0.25, 0.3) is 0 Å². The fourth-order valence-corrected chi connectivity index (χ4v) is 5.37. The van der Waals surface area contributed by atoms with Crippen LogP contribution in [-0.2, 0) is 9.59 Å². The fourth-order valence-electron chi connectivity index (χ4n) is 3.90. The van der Waals surface area contributed by atoms with Crippen LogP contribution in [0.3, 0.4) is 0 Å². The largest absolute Gasteiger partial charge is 0.493 e. The zero-order valence-electron chi connectivity index (χ0n) is 16.2. The number of hydrogen-bond donors (Lipinski definition) is 1. The lowest BCUT2D eigenvalue weighted by Crippen LogP contribution is -2.50. The maximum absolute atomic E-state index is 12.9. The molecule has 1 aliphatic heterocycles. The standard InChI is InChI=1S/C20H28N2O4S/c1-13(23)22-16(19(24)21-15-7-5-4-6-8-15)12-27-20(22)14-9-10-17(25-2)18(11-14)26-3/h9-11,15-16,20H,4-8,12H2,1-3H3,(H,21,24)/t16-,20-/m0/s1. The van der Waals surface area contributed by atoms with Gasteiger partial charge >= 0.3 is 0 Å². The average Bonchev–Trinajstić information content (AvgIpc) is 3.13. The number of nitrogens with one attached hydrogen (secondary N) is 1. The van der Waals surface area contributed by atoms with Crippen LogP contribution in [0.15, 0.2) is 18.2 Å². The number of benzene rings is 1. The van der Waals surface area contributed by atoms with Gasteiger partial charge in [0.2, 0.25) is 11.8 Å². The van der Waals surface area contributed by atoms with Gasteiger partial charge in [-0.05, 0) is 30.5 Å². The van der Waals surface area contributed by atoms with Gasteiger partial charge in [-0.1, -0.05) is 25.3 Å². The van der Waals surface area contributed by atoms with Gasteiger partial charge in [-0.25, -0.2) is 0 Å². The smallest absolute Gasteiger partial charge is 0.243 e. The number of hydrogen-bond acceptors (Lipinski definition) is 5. The van der Waals surface area contributed by atoms with Crippen LogP contribution < -0.4 is 14.8 Å². The molecule has 0 bridgehead atoms. The highest BCUT2D eigenvalue weighted by molar-refractivity contribution is 7.99. The van der Waals surface area contributed by atoms with Gasteiger partial charge in [-0.15, -0.1) is 11.8 Å². The average molecular weight is 393 g/mol. The Labute approximate surface area is 165 Å². The molecule has 1 aromatic rings. The summed E-state index contributed by atoms with van der Waals surface area (Å²) < 4.78 is 10.7. The third kappa shape index (κ3) is 4.34. The first kappa shape index (κ1) is 19.9. The highest BCUT2D eigenvalue weighted by atomic mass is 32.2. The highest BCUT2D eigenvalue weighted by Gasteiger charge is 2.41. The summed E-state index contributed by atoms with van der Waals surface area (Å²) in [4.78, 5) is 27.0. The summed E-state index contributed by atoms with van der Waals surface area (Å²) >= 11 is 1.61. The van der Waals surface area contributed by atoms with E-state index in [-0.39, 0.29) is 23.2 Å². The summed E-state index contributed by atoms with van der Waals surface area (Å²) in [6.45, 7) is 1.53. The molecular weight excluding hydrogens is 364 g/mol. The van der Waals surface area contributed by atoms with Crippen LogP contribution in [0.5, 0.6) is 11.5 Å². The van der Waals surface area contributed by atoms with E-state index in [1.165, 1.54) is 13.3 Å². The monoisotopic (exact) mass is 392 g/mol. The second-order valence-corrected chi connectivity index (χ2v) is 8.20. The molecule has 1 aromatic carbocycles. The van der Waals surface area contributed by atoms with Crippen LogP contribution in [0, 0.1) is 0 Å². The van der Waals surface area contributed by atoms with Crippen LogP contribution in [0.2, 0.25) is 0 Å². The SMILES string of the molecule is COc1ccc([C@@H]2SC[C@@H](C(=O)NC3CCCCC3)N2C(C)=O)cc1OC. The molecule has 0 spiro atoms. The van der Waals surface area contributed by atoms with Crippen molar-refractivity contribution in [2.24, 2.45) is 0 Å². The summed E-state index contributed by atoms with van der Waals surface area (Å²) in [5.74, 6) is 1.73. The van der Waals surface area contributed by atoms with E-state index in [2.05, 4.69) is 5.32 Å². The minimum Gasteiger partial charge on any atom is -0.493 e. The van der Waals surface area contributed by atoms with Crippen molar-refractivity contribution in [1.29, 1.82) is 0 Å². The Balaban J connectivity index is 1.77. The molecule has 2 amide bonds. The molecule has 0 radical (unpaired) electrons. The number of carbonyl (C=O) groups is 2. The molecule has 3 rings (SSSR count). The van der Waals surface area contributed by atoms with Gasteiger partial charge in [0.1, 0.15) is 11.4 Å². The van der Waals surface area contributed by atoms with Gasteiger partial charge in [-0.2, -0.15) is 0 Å². The van der Waals surface area contributed by atoms with Crippen LogP contribution in [0.25, 0.3) is 0 Å². The van der Waals surface area contributed by atoms with Gasteiger partial charge < -0.3 is 19.7 Å². The van der Waals surface area contributed by atoms with Crippen molar-refractivity contribution >= 4 is 23.6 Å². The zero-order chi connectivity index (χ0) is 19.4. The van der Waals surface area contributed by atoms with E-state index in [1.807, 2.05) is 18.2 Å². The molecule has 0 unspecified atom stereocenters. The quantitative estimate of drug-likeness (QED) is 0.834. The molecule has 0 aromatic heterocycles. The van der Waals surface area contributed by atoms with E-state index in [0.29, 0.717) is 17.3 Å². The normalized spacial score (nSPS) is 23.1. The molecule has 1 aliphatic carbocycles. The van der Waals surface area contributed by atoms with Crippen LogP contribution in [0.4, 0.5) is 0 Å². The van der Waals surface area contributed by atoms with Crippen molar-refractivity contribution in [3.05, 3.63) is 23.8 Å². The summed E-state index contributed by atoms with van der Waals surface area (Å²) in [7, 11) is 3.18. The minimum atomic E-state index is -0.437. The fraction of sp³-hybridized carbons (Fsp3) is 0.600. The predicted octanol–water partition coefficient (Wildman–Crippen LogP) is 3.12. The van der Waals surface area contributed by atoms with Crippen molar-refractivity contribution in [3.8, 4) is 11.5 Å². The second-order valence-electron chi connectivity index (χ2n) is 7.09. The van der Waals surface area contributed by atoms with E-state index < -0.39 is 6.04 Å². The first-order chi connectivity index (χ1) is 13.0. The molecule has 1 heterocycles. The Morgan fingerprint density at radius 2 is 1.81 bits per heavy atom. The van der Waals surface area contributed by atoms with Crippen molar-refractivity contribution in [3.63, 3.8) is 0 Å². The minimum absolute atomic E-state index is 0.0347. The number of thioether (sulfide) groups is 1. The van der Waals surface area contributed by atoms with Crippen molar-refractivity contribution < 1.29 is 19.1 Å². The topological polar surface area (TPSA) is 67.9 Å². The Hall–Kier alpha value is -1.89. The molecular formula is C20H28N2O4S. The summed E-state index contributed by atoms with van der Waals surface area (Å²) in [6, 6.07) is 5.45. The third-order valence-corrected chi connectivity index (χ3v) is 6.63. The maximum atomic E-state index is 12.9. The summed E-state index contributed by atoms with van der Waals surface area (Å²) in [6.07, 6.45) is 5.63. The first-order valence-electron chi connectivity index (χ1n) is 9.48. The summed E-state index contributed by atoms with van der Waals surface area (Å²) in [5.41, 5.74) is 0.931. The first-order valence-corrected chi connectivity index (χ1v) is 10.5. The molecule has 1 N–H and O–H groups in total. The van der Waals surface area contributed by atoms with E-state index in [9.17, 15) is 9.59 Å². The molecule has 7 heteroatoms. The Kier molecular flexibility index (Phi) is 6.52. The molecule has 2 aliphatic rings. The van der Waals surface area contributed by atoms with E-state index in [0.717, 1.165) is 31.2 Å². The molecule has 27 heavy (non-hydrogen) atoms. The summed E-state index contributed by atoms with van der Waals surface area (Å²) in [5, 5.41) is 2.96. The Bertz CT molecular complexity index is 691. The van der Waals surface area contributed by atoms with Crippen molar-refractivity contribution in [1.82, 2.24) is 10.2 Å². The van der Waals surface area contributed by atoms with Crippen LogP contribution in [-0.4, -0.2) is 48.8 Å². The van der Waals surface area contributed by atoms with Crippen LogP contribution in [0.1, 0.15) is 50.0 Å². The van der Waals surface area contributed by atoms with E-state index in [1.54, 1.807) is 30.9 Å². The lowest BCUT2D eigenvalue weighted by Gasteiger charge is -2.30. The Morgan fingerprint density at radius 1 is 1.11 bits per heavy atom. The third-order valence-electron chi connectivity index (χ3n) is 5.31. The zero-order valence-corrected chi connectivity index (χ0v) is 17.0. The van der Waals surface area contributed by atoms with E-state index in [4.69, 9.17) is 9.47 Å². The molecule has 1 saturated carbocycles. The molecule has 1 saturated heterocycles. The van der Waals surface area contributed by atoms with Crippen molar-refractivity contribution in [2.45, 2.75) is 56.5 Å². The lowest BCUT2D eigenvalue weighted by atomic mass is 9.95. The number of rotatable bonds is 5. The molecule has 148 valence electrons. The number of carbonyl (C=O) groups excluding carboxylic acids is 2. The molecule has 2 atom stereocenters. The number of ether oxygens (including phenoxy) is 2. The molecule has 2 fully saturated rings. The predicted molar refractivity (Wildman–Crippen MR) is 106 cm³/mol. The van der Waals surface area contributed by atoms with Crippen molar-refractivity contribution in [2.75, 3.05) is 20.0 Å². The lowest BCUT2D eigenvalue weighted by molar-refractivity contribution is -0.138. The molecule has 6 nitrogen and oxygen atoms in total. The van der Waals surface area contributed by atoms with E-state index >= 15 is 0 Å². The van der Waals surface area contributed by atoms with Crippen LogP contribution >= 0.6 is 11.8 Å². The maximum Gasteiger partial charge on any atom is 0.243 e. The van der Waals surface area contributed by atoms with Gasteiger partial charge in [0.15, 0.2) is 11.5 Å². The number of methoxy groups -OCH3 is 2. The van der Waals surface area contributed by atoms with Gasteiger partial charge in [-0.3, -0.25) is 9.59 Å². The second kappa shape index (κ2) is 8.87. The number of amides is 2. The van der Waals surface area contributed by atoms with Gasteiger partial charge in [0, 0.05) is 18.7 Å². The van der Waals surface area contributed by atoms with Gasteiger partial charge in [0.05, 0.1) is 14.2 Å².